The zero-order valence-electron chi connectivity index (χ0n) is 11.8. The van der Waals surface area contributed by atoms with Crippen LogP contribution in [0, 0.1) is 0 Å². The van der Waals surface area contributed by atoms with E-state index >= 15 is 0 Å². The minimum absolute atomic E-state index is 0.819. The molecule has 3 nitrogen and oxygen atoms in total. The number of quaternary nitrogens is 2. The molecule has 1 fully saturated rings. The summed E-state index contributed by atoms with van der Waals surface area (Å²) in [6, 6.07) is 9.27. The molecule has 1 saturated heterocycles. The predicted molar refractivity (Wildman–Crippen MR) is 73.2 cm³/mol. The quantitative estimate of drug-likeness (QED) is 0.729. The SMILES string of the molecule is COc1cccc(C[NH+](C)C2CC[NH+](C)CC2)c1. The van der Waals surface area contributed by atoms with Gasteiger partial charge < -0.3 is 14.5 Å². The molecule has 18 heavy (non-hydrogen) atoms. The van der Waals surface area contributed by atoms with E-state index in [1.165, 1.54) is 31.5 Å². The van der Waals surface area contributed by atoms with Crippen LogP contribution < -0.4 is 14.5 Å². The third-order valence-electron chi connectivity index (χ3n) is 4.15. The van der Waals surface area contributed by atoms with E-state index in [1.807, 2.05) is 6.07 Å². The maximum Gasteiger partial charge on any atom is 0.119 e. The van der Waals surface area contributed by atoms with Crippen LogP contribution >= 0.6 is 0 Å². The summed E-state index contributed by atoms with van der Waals surface area (Å²) < 4.78 is 5.28. The largest absolute Gasteiger partial charge is 0.497 e. The molecule has 3 heteroatoms. The monoisotopic (exact) mass is 250 g/mol. The van der Waals surface area contributed by atoms with Crippen LogP contribution in [0.2, 0.25) is 0 Å². The van der Waals surface area contributed by atoms with Crippen LogP contribution in [0.1, 0.15) is 18.4 Å². The zero-order valence-corrected chi connectivity index (χ0v) is 11.8. The molecule has 1 unspecified atom stereocenters. The van der Waals surface area contributed by atoms with E-state index in [4.69, 9.17) is 4.74 Å². The normalized spacial score (nSPS) is 25.7. The Morgan fingerprint density at radius 2 is 2.06 bits per heavy atom. The number of rotatable bonds is 4. The molecule has 1 heterocycles. The summed E-state index contributed by atoms with van der Waals surface area (Å²) in [4.78, 5) is 3.32. The third-order valence-corrected chi connectivity index (χ3v) is 4.15. The first-order valence-electron chi connectivity index (χ1n) is 6.95. The molecule has 1 aromatic rings. The van der Waals surface area contributed by atoms with Gasteiger partial charge in [-0.3, -0.25) is 0 Å². The van der Waals surface area contributed by atoms with Crippen molar-refractivity contribution in [3.05, 3.63) is 29.8 Å². The first-order chi connectivity index (χ1) is 8.69. The Morgan fingerprint density at radius 1 is 1.33 bits per heavy atom. The van der Waals surface area contributed by atoms with Gasteiger partial charge in [0, 0.05) is 18.4 Å². The highest BCUT2D eigenvalue weighted by atomic mass is 16.5. The molecule has 0 bridgehead atoms. The molecule has 2 N–H and O–H groups in total. The van der Waals surface area contributed by atoms with Gasteiger partial charge >= 0.3 is 0 Å². The van der Waals surface area contributed by atoms with Crippen molar-refractivity contribution >= 4 is 0 Å². The van der Waals surface area contributed by atoms with Crippen LogP contribution in [0.3, 0.4) is 0 Å². The van der Waals surface area contributed by atoms with Crippen molar-refractivity contribution in [1.82, 2.24) is 0 Å². The Hall–Kier alpha value is -1.06. The Morgan fingerprint density at radius 3 is 2.72 bits per heavy atom. The molecule has 1 atom stereocenters. The number of benzene rings is 1. The molecule has 0 spiro atoms. The summed E-state index contributed by atoms with van der Waals surface area (Å²) in [7, 11) is 6.36. The van der Waals surface area contributed by atoms with Gasteiger partial charge in [-0.1, -0.05) is 12.1 Å². The first kappa shape index (κ1) is 13.4. The lowest BCUT2D eigenvalue weighted by atomic mass is 10.0. The van der Waals surface area contributed by atoms with Gasteiger partial charge in [0.2, 0.25) is 0 Å². The van der Waals surface area contributed by atoms with Gasteiger partial charge in [0.05, 0.1) is 40.3 Å². The molecular weight excluding hydrogens is 224 g/mol. The zero-order chi connectivity index (χ0) is 13.0. The van der Waals surface area contributed by atoms with Crippen molar-refractivity contribution in [2.45, 2.75) is 25.4 Å². The second-order valence-corrected chi connectivity index (χ2v) is 5.61. The average Bonchev–Trinajstić information content (AvgIpc) is 2.39. The number of ether oxygens (including phenoxy) is 1. The fourth-order valence-electron chi connectivity index (χ4n) is 2.85. The maximum absolute atomic E-state index is 5.28. The van der Waals surface area contributed by atoms with Crippen LogP contribution in [0.5, 0.6) is 5.75 Å². The van der Waals surface area contributed by atoms with E-state index in [0.717, 1.165) is 18.3 Å². The van der Waals surface area contributed by atoms with Gasteiger partial charge in [0.25, 0.3) is 0 Å². The summed E-state index contributed by atoms with van der Waals surface area (Å²) >= 11 is 0. The van der Waals surface area contributed by atoms with Crippen LogP contribution in [0.15, 0.2) is 24.3 Å². The van der Waals surface area contributed by atoms with Gasteiger partial charge in [-0.2, -0.15) is 0 Å². The molecule has 1 aromatic carbocycles. The Kier molecular flexibility index (Phi) is 4.61. The van der Waals surface area contributed by atoms with Crippen molar-refractivity contribution in [2.75, 3.05) is 34.3 Å². The van der Waals surface area contributed by atoms with Gasteiger partial charge in [-0.25, -0.2) is 0 Å². The fourth-order valence-corrected chi connectivity index (χ4v) is 2.85. The van der Waals surface area contributed by atoms with Crippen molar-refractivity contribution in [3.63, 3.8) is 0 Å². The highest BCUT2D eigenvalue weighted by Crippen LogP contribution is 2.11. The van der Waals surface area contributed by atoms with E-state index in [9.17, 15) is 0 Å². The topological polar surface area (TPSA) is 18.1 Å². The lowest BCUT2D eigenvalue weighted by Crippen LogP contribution is -3.17. The number of nitrogens with one attached hydrogen (secondary N) is 2. The van der Waals surface area contributed by atoms with Crippen LogP contribution in [-0.4, -0.2) is 40.3 Å². The minimum atomic E-state index is 0.819. The van der Waals surface area contributed by atoms with Gasteiger partial charge in [0.15, 0.2) is 0 Å². The fraction of sp³-hybridized carbons (Fsp3) is 0.600. The molecule has 100 valence electrons. The highest BCUT2D eigenvalue weighted by Gasteiger charge is 2.25. The minimum Gasteiger partial charge on any atom is -0.497 e. The van der Waals surface area contributed by atoms with Crippen LogP contribution in [-0.2, 0) is 6.54 Å². The number of piperidine rings is 1. The van der Waals surface area contributed by atoms with Gasteiger partial charge in [0.1, 0.15) is 12.3 Å². The molecule has 1 aliphatic heterocycles. The van der Waals surface area contributed by atoms with Gasteiger partial charge in [-0.15, -0.1) is 0 Å². The first-order valence-corrected chi connectivity index (χ1v) is 6.95. The van der Waals surface area contributed by atoms with Crippen molar-refractivity contribution in [2.24, 2.45) is 0 Å². The molecule has 2 rings (SSSR count). The van der Waals surface area contributed by atoms with Crippen molar-refractivity contribution in [3.8, 4) is 5.75 Å². The number of hydrogen-bond acceptors (Lipinski definition) is 1. The maximum atomic E-state index is 5.28. The number of likely N-dealkylation sites (tertiary alicyclic amines) is 1. The van der Waals surface area contributed by atoms with Crippen LogP contribution in [0.4, 0.5) is 0 Å². The molecule has 1 aliphatic rings. The van der Waals surface area contributed by atoms with Crippen molar-refractivity contribution < 1.29 is 14.5 Å². The second kappa shape index (κ2) is 6.21. The standard InChI is InChI=1S/C15H24N2O/c1-16-9-7-14(8-10-16)17(2)12-13-5-4-6-15(11-13)18-3/h4-6,11,14H,7-10,12H2,1-3H3/p+2. The molecule has 0 saturated carbocycles. The second-order valence-electron chi connectivity index (χ2n) is 5.61. The summed E-state index contributed by atoms with van der Waals surface area (Å²) in [6.07, 6.45) is 2.70. The van der Waals surface area contributed by atoms with Crippen LogP contribution in [0.25, 0.3) is 0 Å². The Labute approximate surface area is 110 Å². The molecule has 0 aromatic heterocycles. The summed E-state index contributed by atoms with van der Waals surface area (Å²) in [6.45, 7) is 3.74. The van der Waals surface area contributed by atoms with E-state index in [-0.39, 0.29) is 0 Å². The summed E-state index contributed by atoms with van der Waals surface area (Å²) in [5.74, 6) is 0.966. The Bertz CT molecular complexity index is 373. The highest BCUT2D eigenvalue weighted by molar-refractivity contribution is 5.27. The summed E-state index contributed by atoms with van der Waals surface area (Å²) in [5, 5.41) is 0. The van der Waals surface area contributed by atoms with E-state index in [0.29, 0.717) is 0 Å². The molecule has 0 radical (unpaired) electrons. The number of hydrogen-bond donors (Lipinski definition) is 2. The van der Waals surface area contributed by atoms with E-state index in [2.05, 4.69) is 32.3 Å². The summed E-state index contributed by atoms with van der Waals surface area (Å²) in [5.41, 5.74) is 1.37. The van der Waals surface area contributed by atoms with Gasteiger partial charge in [-0.05, 0) is 12.1 Å². The molecule has 0 aliphatic carbocycles. The van der Waals surface area contributed by atoms with E-state index < -0.39 is 0 Å². The van der Waals surface area contributed by atoms with E-state index in [1.54, 1.807) is 16.9 Å². The molecular formula is C15H26N2O+2. The predicted octanol–water partition coefficient (Wildman–Crippen LogP) is -0.613. The molecule has 0 amide bonds. The Balaban J connectivity index is 1.91. The lowest BCUT2D eigenvalue weighted by Gasteiger charge is -2.30. The average molecular weight is 250 g/mol. The lowest BCUT2D eigenvalue weighted by molar-refractivity contribution is -0.948. The third kappa shape index (κ3) is 3.47. The number of methoxy groups -OCH3 is 1. The smallest absolute Gasteiger partial charge is 0.119 e. The van der Waals surface area contributed by atoms with Crippen molar-refractivity contribution in [1.29, 1.82) is 0 Å².